The smallest absolute Gasteiger partial charge is 0.237 e. The predicted octanol–water partition coefficient (Wildman–Crippen LogP) is 3.37. The highest BCUT2D eigenvalue weighted by molar-refractivity contribution is 7.13. The van der Waals surface area contributed by atoms with E-state index in [1.807, 2.05) is 56.5 Å². The molecule has 3 rings (SSSR count). The summed E-state index contributed by atoms with van der Waals surface area (Å²) in [5, 5.41) is 8.59. The lowest BCUT2D eigenvalue weighted by atomic mass is 9.95. The van der Waals surface area contributed by atoms with Crippen molar-refractivity contribution in [2.24, 2.45) is 5.92 Å². The Morgan fingerprint density at radius 1 is 1.18 bits per heavy atom. The van der Waals surface area contributed by atoms with Crippen LogP contribution >= 0.6 is 11.3 Å². The quantitative estimate of drug-likeness (QED) is 0.780. The highest BCUT2D eigenvalue weighted by Crippen LogP contribution is 2.23. The Labute approximate surface area is 170 Å². The standard InChI is InChI=1S/C21H28N4O2S/c1-14-13-28-21(22-14)24-20(27)18-9-11-25(12-10-18)16(3)19(26)23-15(2)17-7-5-4-6-8-17/h4-8,13,15-16,18H,9-12H2,1-3H3,(H,23,26)(H,22,24,27). The molecule has 2 unspecified atom stereocenters. The average Bonchev–Trinajstić information content (AvgIpc) is 3.12. The van der Waals surface area contributed by atoms with Crippen molar-refractivity contribution in [2.75, 3.05) is 18.4 Å². The molecule has 2 aromatic rings. The fraction of sp³-hybridized carbons (Fsp3) is 0.476. The van der Waals surface area contributed by atoms with Crippen molar-refractivity contribution in [2.45, 2.75) is 45.7 Å². The molecule has 2 N–H and O–H groups in total. The average molecular weight is 401 g/mol. The van der Waals surface area contributed by atoms with Crippen LogP contribution in [0.25, 0.3) is 0 Å². The maximum Gasteiger partial charge on any atom is 0.237 e. The summed E-state index contributed by atoms with van der Waals surface area (Å²) in [6.07, 6.45) is 1.50. The zero-order chi connectivity index (χ0) is 20.1. The first-order valence-corrected chi connectivity index (χ1v) is 10.6. The number of carbonyl (C=O) groups is 2. The predicted molar refractivity (Wildman–Crippen MR) is 112 cm³/mol. The van der Waals surface area contributed by atoms with Gasteiger partial charge in [-0.1, -0.05) is 30.3 Å². The number of amides is 2. The van der Waals surface area contributed by atoms with Crippen LogP contribution < -0.4 is 10.6 Å². The fourth-order valence-corrected chi connectivity index (χ4v) is 4.18. The monoisotopic (exact) mass is 400 g/mol. The van der Waals surface area contributed by atoms with Gasteiger partial charge in [0.2, 0.25) is 11.8 Å². The van der Waals surface area contributed by atoms with Gasteiger partial charge in [-0.25, -0.2) is 4.98 Å². The molecule has 1 saturated heterocycles. The number of nitrogens with one attached hydrogen (secondary N) is 2. The van der Waals surface area contributed by atoms with Gasteiger partial charge in [0.15, 0.2) is 5.13 Å². The van der Waals surface area contributed by atoms with Gasteiger partial charge in [0, 0.05) is 11.3 Å². The third-order valence-electron chi connectivity index (χ3n) is 5.33. The van der Waals surface area contributed by atoms with Gasteiger partial charge in [-0.2, -0.15) is 0 Å². The number of hydrogen-bond acceptors (Lipinski definition) is 5. The van der Waals surface area contributed by atoms with E-state index in [4.69, 9.17) is 0 Å². The molecule has 0 radical (unpaired) electrons. The number of likely N-dealkylation sites (tertiary alicyclic amines) is 1. The van der Waals surface area contributed by atoms with Gasteiger partial charge in [0.25, 0.3) is 0 Å². The number of carbonyl (C=O) groups excluding carboxylic acids is 2. The number of hydrogen-bond donors (Lipinski definition) is 2. The molecule has 6 nitrogen and oxygen atoms in total. The first-order chi connectivity index (χ1) is 13.4. The molecule has 1 aliphatic heterocycles. The molecule has 1 aliphatic rings. The van der Waals surface area contributed by atoms with Crippen LogP contribution in [0.2, 0.25) is 0 Å². The molecule has 2 atom stereocenters. The summed E-state index contributed by atoms with van der Waals surface area (Å²) < 4.78 is 0. The summed E-state index contributed by atoms with van der Waals surface area (Å²) in [5.74, 6) is 0.0280. The summed E-state index contributed by atoms with van der Waals surface area (Å²) in [5.41, 5.74) is 2.01. The molecule has 28 heavy (non-hydrogen) atoms. The van der Waals surface area contributed by atoms with Crippen LogP contribution in [0.1, 0.15) is 44.0 Å². The number of thiazole rings is 1. The number of aromatic nitrogens is 1. The van der Waals surface area contributed by atoms with E-state index >= 15 is 0 Å². The molecular formula is C21H28N4O2S. The van der Waals surface area contributed by atoms with Gasteiger partial charge in [0.1, 0.15) is 0 Å². The number of aryl methyl sites for hydroxylation is 1. The minimum absolute atomic E-state index is 0.0255. The number of anilines is 1. The van der Waals surface area contributed by atoms with Crippen molar-refractivity contribution in [1.82, 2.24) is 15.2 Å². The van der Waals surface area contributed by atoms with Gasteiger partial charge in [-0.3, -0.25) is 14.5 Å². The van der Waals surface area contributed by atoms with Gasteiger partial charge in [-0.15, -0.1) is 11.3 Å². The summed E-state index contributed by atoms with van der Waals surface area (Å²) in [6, 6.07) is 9.72. The minimum atomic E-state index is -0.211. The van der Waals surface area contributed by atoms with Crippen LogP contribution in [-0.2, 0) is 9.59 Å². The lowest BCUT2D eigenvalue weighted by Gasteiger charge is -2.35. The Morgan fingerprint density at radius 3 is 2.46 bits per heavy atom. The molecule has 0 spiro atoms. The van der Waals surface area contributed by atoms with E-state index in [1.165, 1.54) is 11.3 Å². The van der Waals surface area contributed by atoms with Crippen LogP contribution in [-0.4, -0.2) is 40.8 Å². The zero-order valence-electron chi connectivity index (χ0n) is 16.6. The lowest BCUT2D eigenvalue weighted by molar-refractivity contribution is -0.127. The molecular weight excluding hydrogens is 372 g/mol. The summed E-state index contributed by atoms with van der Waals surface area (Å²) in [7, 11) is 0. The van der Waals surface area contributed by atoms with Crippen molar-refractivity contribution < 1.29 is 9.59 Å². The highest BCUT2D eigenvalue weighted by Gasteiger charge is 2.30. The zero-order valence-corrected chi connectivity index (χ0v) is 17.5. The van der Waals surface area contributed by atoms with Crippen molar-refractivity contribution >= 4 is 28.3 Å². The number of nitrogens with zero attached hydrogens (tertiary/aromatic N) is 2. The Hall–Kier alpha value is -2.25. The second-order valence-electron chi connectivity index (χ2n) is 7.41. The topological polar surface area (TPSA) is 74.3 Å². The number of rotatable bonds is 6. The Kier molecular flexibility index (Phi) is 6.80. The van der Waals surface area contributed by atoms with Gasteiger partial charge < -0.3 is 10.6 Å². The molecule has 2 amide bonds. The lowest BCUT2D eigenvalue weighted by Crippen LogP contribution is -2.49. The first-order valence-electron chi connectivity index (χ1n) is 9.76. The molecule has 7 heteroatoms. The van der Waals surface area contributed by atoms with Crippen LogP contribution in [0.4, 0.5) is 5.13 Å². The molecule has 150 valence electrons. The third-order valence-corrected chi connectivity index (χ3v) is 6.21. The highest BCUT2D eigenvalue weighted by atomic mass is 32.1. The number of piperidine rings is 1. The third kappa shape index (κ3) is 5.17. The van der Waals surface area contributed by atoms with E-state index in [1.54, 1.807) is 0 Å². The minimum Gasteiger partial charge on any atom is -0.348 e. The normalized spacial score (nSPS) is 17.7. The van der Waals surface area contributed by atoms with E-state index in [0.717, 1.165) is 37.2 Å². The van der Waals surface area contributed by atoms with Crippen LogP contribution in [0.15, 0.2) is 35.7 Å². The fourth-order valence-electron chi connectivity index (χ4n) is 3.49. The largest absolute Gasteiger partial charge is 0.348 e. The van der Waals surface area contributed by atoms with Crippen LogP contribution in [0, 0.1) is 12.8 Å². The van der Waals surface area contributed by atoms with Crippen molar-refractivity contribution in [3.8, 4) is 0 Å². The van der Waals surface area contributed by atoms with Crippen molar-refractivity contribution in [3.63, 3.8) is 0 Å². The number of benzene rings is 1. The maximum atomic E-state index is 12.6. The first kappa shape index (κ1) is 20.5. The van der Waals surface area contributed by atoms with Gasteiger partial charge >= 0.3 is 0 Å². The molecule has 1 fully saturated rings. The summed E-state index contributed by atoms with van der Waals surface area (Å²) in [4.78, 5) is 31.5. The molecule has 1 aromatic carbocycles. The van der Waals surface area contributed by atoms with Crippen LogP contribution in [0.5, 0.6) is 0 Å². The molecule has 0 saturated carbocycles. The Morgan fingerprint density at radius 2 is 1.86 bits per heavy atom. The maximum absolute atomic E-state index is 12.6. The van der Waals surface area contributed by atoms with Crippen LogP contribution in [0.3, 0.4) is 0 Å². The van der Waals surface area contributed by atoms with Crippen molar-refractivity contribution in [3.05, 3.63) is 47.0 Å². The molecule has 0 bridgehead atoms. The van der Waals surface area contributed by atoms with E-state index < -0.39 is 0 Å². The Bertz CT molecular complexity index is 800. The van der Waals surface area contributed by atoms with E-state index in [-0.39, 0.29) is 29.8 Å². The second kappa shape index (κ2) is 9.30. The molecule has 0 aliphatic carbocycles. The molecule has 1 aromatic heterocycles. The van der Waals surface area contributed by atoms with E-state index in [9.17, 15) is 9.59 Å². The Balaban J connectivity index is 1.47. The van der Waals surface area contributed by atoms with Gasteiger partial charge in [-0.05, 0) is 52.3 Å². The second-order valence-corrected chi connectivity index (χ2v) is 8.27. The summed E-state index contributed by atoms with van der Waals surface area (Å²) in [6.45, 7) is 7.32. The summed E-state index contributed by atoms with van der Waals surface area (Å²) >= 11 is 1.45. The van der Waals surface area contributed by atoms with E-state index in [2.05, 4.69) is 20.5 Å². The molecule has 2 heterocycles. The van der Waals surface area contributed by atoms with Crippen molar-refractivity contribution in [1.29, 1.82) is 0 Å². The van der Waals surface area contributed by atoms with E-state index in [0.29, 0.717) is 5.13 Å². The SMILES string of the molecule is Cc1csc(NC(=O)C2CCN(C(C)C(=O)NC(C)c3ccccc3)CC2)n1. The van der Waals surface area contributed by atoms with Gasteiger partial charge in [0.05, 0.1) is 17.8 Å².